The largest absolute Gasteiger partial charge is 0.494 e. The van der Waals surface area contributed by atoms with Crippen molar-refractivity contribution in [1.29, 1.82) is 0 Å². The Hall–Kier alpha value is -3.11. The minimum atomic E-state index is -0.743. The molecule has 0 spiro atoms. The van der Waals surface area contributed by atoms with E-state index in [1.807, 2.05) is 60.7 Å². The molecule has 4 rings (SSSR count). The number of unbranched alkanes of at least 4 members (excludes halogenated alkanes) is 1. The molecule has 0 aliphatic carbocycles. The maximum Gasteiger partial charge on any atom is 0.143 e. The van der Waals surface area contributed by atoms with Crippen LogP contribution in [0.5, 0.6) is 5.75 Å². The molecular weight excluding hydrogens is 360 g/mol. The van der Waals surface area contributed by atoms with Crippen LogP contribution >= 0.6 is 0 Å². The van der Waals surface area contributed by atoms with Gasteiger partial charge < -0.3 is 14.4 Å². The van der Waals surface area contributed by atoms with E-state index in [1.54, 1.807) is 0 Å². The fourth-order valence-corrected chi connectivity index (χ4v) is 3.52. The molecule has 4 heteroatoms. The highest BCUT2D eigenvalue weighted by molar-refractivity contribution is 5.76. The Kier molecular flexibility index (Phi) is 5.92. The average molecular weight is 386 g/mol. The lowest BCUT2D eigenvalue weighted by molar-refractivity contribution is 0.204. The van der Waals surface area contributed by atoms with E-state index in [1.165, 1.54) is 5.56 Å². The van der Waals surface area contributed by atoms with Crippen LogP contribution in [0.3, 0.4) is 0 Å². The van der Waals surface area contributed by atoms with Gasteiger partial charge in [0.15, 0.2) is 0 Å². The molecule has 0 amide bonds. The highest BCUT2D eigenvalue weighted by atomic mass is 16.5. The molecule has 3 aromatic carbocycles. The number of fused-ring (bicyclic) bond motifs is 1. The summed E-state index contributed by atoms with van der Waals surface area (Å²) in [5.74, 6) is 1.60. The van der Waals surface area contributed by atoms with Crippen LogP contribution in [0, 0.1) is 6.92 Å². The van der Waals surface area contributed by atoms with Gasteiger partial charge in [-0.2, -0.15) is 0 Å². The molecule has 0 bridgehead atoms. The summed E-state index contributed by atoms with van der Waals surface area (Å²) >= 11 is 0. The van der Waals surface area contributed by atoms with E-state index in [4.69, 9.17) is 9.72 Å². The lowest BCUT2D eigenvalue weighted by atomic mass is 10.1. The summed E-state index contributed by atoms with van der Waals surface area (Å²) in [7, 11) is 0. The Labute approximate surface area is 171 Å². The summed E-state index contributed by atoms with van der Waals surface area (Å²) in [6, 6.07) is 25.9. The summed E-state index contributed by atoms with van der Waals surface area (Å²) in [6.07, 6.45) is 1.13. The lowest BCUT2D eigenvalue weighted by Crippen LogP contribution is -2.11. The number of ether oxygens (including phenoxy) is 1. The predicted octanol–water partition coefficient (Wildman–Crippen LogP) is 5.29. The van der Waals surface area contributed by atoms with Gasteiger partial charge in [-0.25, -0.2) is 4.98 Å². The van der Waals surface area contributed by atoms with Gasteiger partial charge in [0.05, 0.1) is 17.6 Å². The molecule has 0 saturated carbocycles. The van der Waals surface area contributed by atoms with Gasteiger partial charge in [0.1, 0.15) is 17.7 Å². The highest BCUT2D eigenvalue weighted by Gasteiger charge is 2.19. The molecule has 148 valence electrons. The third-order valence-electron chi connectivity index (χ3n) is 5.11. The third-order valence-corrected chi connectivity index (χ3v) is 5.11. The van der Waals surface area contributed by atoms with Gasteiger partial charge in [0.25, 0.3) is 0 Å². The predicted molar refractivity (Wildman–Crippen MR) is 116 cm³/mol. The standard InChI is InChI=1S/C25H26N2O2/c1-19-13-15-21(16-14-19)29-18-8-7-17-27-23-12-6-5-11-22(23)26-25(27)24(28)20-9-3-2-4-10-20/h2-6,9-16,24,28H,7-8,17-18H2,1H3. The van der Waals surface area contributed by atoms with Crippen molar-refractivity contribution < 1.29 is 9.84 Å². The zero-order chi connectivity index (χ0) is 20.1. The zero-order valence-electron chi connectivity index (χ0n) is 16.7. The van der Waals surface area contributed by atoms with Crippen LogP contribution in [0.4, 0.5) is 0 Å². The Morgan fingerprint density at radius 1 is 0.897 bits per heavy atom. The monoisotopic (exact) mass is 386 g/mol. The third kappa shape index (κ3) is 4.49. The van der Waals surface area contributed by atoms with Crippen LogP contribution in [0.1, 0.15) is 35.9 Å². The van der Waals surface area contributed by atoms with Crippen LogP contribution in [-0.4, -0.2) is 21.3 Å². The Morgan fingerprint density at radius 3 is 2.41 bits per heavy atom. The summed E-state index contributed by atoms with van der Waals surface area (Å²) in [5.41, 5.74) is 4.05. The van der Waals surface area contributed by atoms with Crippen LogP contribution in [0.25, 0.3) is 11.0 Å². The van der Waals surface area contributed by atoms with Gasteiger partial charge in [0.2, 0.25) is 0 Å². The second-order valence-electron chi connectivity index (χ2n) is 7.29. The number of hydrogen-bond acceptors (Lipinski definition) is 3. The first-order valence-corrected chi connectivity index (χ1v) is 10.1. The second-order valence-corrected chi connectivity index (χ2v) is 7.29. The molecule has 29 heavy (non-hydrogen) atoms. The molecule has 0 saturated heterocycles. The summed E-state index contributed by atoms with van der Waals surface area (Å²) in [4.78, 5) is 4.73. The SMILES string of the molecule is Cc1ccc(OCCCCn2c(C(O)c3ccccc3)nc3ccccc32)cc1. The van der Waals surface area contributed by atoms with Crippen molar-refractivity contribution >= 4 is 11.0 Å². The number of aliphatic hydroxyl groups excluding tert-OH is 1. The zero-order valence-corrected chi connectivity index (χ0v) is 16.7. The first-order chi connectivity index (χ1) is 14.2. The van der Waals surface area contributed by atoms with E-state index in [2.05, 4.69) is 29.7 Å². The molecule has 0 fully saturated rings. The molecule has 1 unspecified atom stereocenters. The Bertz CT molecular complexity index is 1060. The second kappa shape index (κ2) is 8.93. The molecule has 0 aliphatic rings. The average Bonchev–Trinajstić information content (AvgIpc) is 3.13. The van der Waals surface area contributed by atoms with Crippen molar-refractivity contribution in [1.82, 2.24) is 9.55 Å². The smallest absolute Gasteiger partial charge is 0.143 e. The molecule has 1 N–H and O–H groups in total. The molecule has 1 heterocycles. The van der Waals surface area contributed by atoms with Crippen LogP contribution in [0.2, 0.25) is 0 Å². The molecule has 1 atom stereocenters. The van der Waals surface area contributed by atoms with Crippen LogP contribution < -0.4 is 4.74 Å². The van der Waals surface area contributed by atoms with Crippen LogP contribution in [0.15, 0.2) is 78.9 Å². The molecule has 4 nitrogen and oxygen atoms in total. The number of aromatic nitrogens is 2. The number of aliphatic hydroxyl groups is 1. The fraction of sp³-hybridized carbons (Fsp3) is 0.240. The normalized spacial score (nSPS) is 12.2. The number of rotatable bonds is 8. The van der Waals surface area contributed by atoms with Gasteiger partial charge in [-0.15, -0.1) is 0 Å². The molecular formula is C25H26N2O2. The van der Waals surface area contributed by atoms with E-state index in [0.717, 1.165) is 41.7 Å². The van der Waals surface area contributed by atoms with E-state index in [9.17, 15) is 5.11 Å². The minimum absolute atomic E-state index is 0.673. The molecule has 0 radical (unpaired) electrons. The highest BCUT2D eigenvalue weighted by Crippen LogP contribution is 2.26. The summed E-state index contributed by atoms with van der Waals surface area (Å²) in [5, 5.41) is 10.9. The number of imidazole rings is 1. The molecule has 0 aliphatic heterocycles. The Balaban J connectivity index is 1.45. The number of hydrogen-bond donors (Lipinski definition) is 1. The molecule has 1 aromatic heterocycles. The van der Waals surface area contributed by atoms with Gasteiger partial charge in [0, 0.05) is 6.54 Å². The van der Waals surface area contributed by atoms with E-state index in [0.29, 0.717) is 12.4 Å². The summed E-state index contributed by atoms with van der Waals surface area (Å²) in [6.45, 7) is 3.53. The van der Waals surface area contributed by atoms with E-state index in [-0.39, 0.29) is 0 Å². The maximum atomic E-state index is 10.9. The van der Waals surface area contributed by atoms with Gasteiger partial charge in [-0.05, 0) is 49.6 Å². The van der Waals surface area contributed by atoms with E-state index < -0.39 is 6.10 Å². The van der Waals surface area contributed by atoms with Crippen LogP contribution in [-0.2, 0) is 6.54 Å². The van der Waals surface area contributed by atoms with Crippen molar-refractivity contribution in [2.45, 2.75) is 32.4 Å². The Morgan fingerprint density at radius 2 is 1.62 bits per heavy atom. The number of para-hydroxylation sites is 2. The quantitative estimate of drug-likeness (QED) is 0.419. The van der Waals surface area contributed by atoms with Gasteiger partial charge in [-0.1, -0.05) is 60.2 Å². The van der Waals surface area contributed by atoms with Crippen molar-refractivity contribution in [2.75, 3.05) is 6.61 Å². The van der Waals surface area contributed by atoms with E-state index >= 15 is 0 Å². The van der Waals surface area contributed by atoms with Crippen molar-refractivity contribution in [2.24, 2.45) is 0 Å². The minimum Gasteiger partial charge on any atom is -0.494 e. The number of aryl methyl sites for hydroxylation is 2. The topological polar surface area (TPSA) is 47.3 Å². The van der Waals surface area contributed by atoms with Gasteiger partial charge in [-0.3, -0.25) is 0 Å². The fourth-order valence-electron chi connectivity index (χ4n) is 3.52. The first kappa shape index (κ1) is 19.2. The van der Waals surface area contributed by atoms with Crippen molar-refractivity contribution in [3.63, 3.8) is 0 Å². The van der Waals surface area contributed by atoms with Crippen molar-refractivity contribution in [3.05, 3.63) is 95.8 Å². The number of nitrogens with zero attached hydrogens (tertiary/aromatic N) is 2. The summed E-state index contributed by atoms with van der Waals surface area (Å²) < 4.78 is 7.98. The lowest BCUT2D eigenvalue weighted by Gasteiger charge is -2.14. The molecule has 4 aromatic rings. The first-order valence-electron chi connectivity index (χ1n) is 10.1. The maximum absolute atomic E-state index is 10.9. The number of benzene rings is 3. The van der Waals surface area contributed by atoms with Gasteiger partial charge >= 0.3 is 0 Å². The van der Waals surface area contributed by atoms with Crippen molar-refractivity contribution in [3.8, 4) is 5.75 Å².